The number of pyridine rings is 1. The molecule has 2 heterocycles. The van der Waals surface area contributed by atoms with Crippen molar-refractivity contribution in [1.82, 2.24) is 9.88 Å². The summed E-state index contributed by atoms with van der Waals surface area (Å²) in [4.78, 5) is 31.2. The molecule has 146 valence electrons. The fraction of sp³-hybridized carbons (Fsp3) is 0.611. The smallest absolute Gasteiger partial charge is 0.230 e. The summed E-state index contributed by atoms with van der Waals surface area (Å²) >= 11 is 0. The van der Waals surface area contributed by atoms with Gasteiger partial charge < -0.3 is 16.0 Å². The van der Waals surface area contributed by atoms with Crippen LogP contribution in [0.25, 0.3) is 0 Å². The molecule has 3 unspecified atom stereocenters. The molecule has 0 bridgehead atoms. The molecule has 2 amide bonds. The van der Waals surface area contributed by atoms with E-state index < -0.39 is 0 Å². The highest BCUT2D eigenvalue weighted by atomic mass is 35.5. The van der Waals surface area contributed by atoms with Crippen LogP contribution in [0, 0.1) is 18.8 Å². The maximum atomic E-state index is 12.6. The Morgan fingerprint density at radius 1 is 1.19 bits per heavy atom. The molecule has 1 aromatic rings. The minimum atomic E-state index is -0.166. The van der Waals surface area contributed by atoms with E-state index in [1.54, 1.807) is 12.3 Å². The SMILES string of the molecule is Cc1ccc(NC(=O)C2CCCN(C(=O)C3CCC(N)C3)C2)nc1.Cl.Cl. The molecule has 3 atom stereocenters. The van der Waals surface area contributed by atoms with Gasteiger partial charge in [0.05, 0.1) is 5.92 Å². The molecule has 0 aromatic carbocycles. The van der Waals surface area contributed by atoms with Crippen LogP contribution < -0.4 is 11.1 Å². The summed E-state index contributed by atoms with van der Waals surface area (Å²) in [5.41, 5.74) is 6.98. The van der Waals surface area contributed by atoms with Gasteiger partial charge in [0.2, 0.25) is 11.8 Å². The lowest BCUT2D eigenvalue weighted by Crippen LogP contribution is -2.45. The average molecular weight is 403 g/mol. The molecule has 3 N–H and O–H groups in total. The van der Waals surface area contributed by atoms with Crippen LogP contribution in [0.15, 0.2) is 18.3 Å². The molecule has 1 aromatic heterocycles. The van der Waals surface area contributed by atoms with Gasteiger partial charge in [-0.15, -0.1) is 24.8 Å². The molecular formula is C18H28Cl2N4O2. The first-order valence-corrected chi connectivity index (χ1v) is 8.81. The summed E-state index contributed by atoms with van der Waals surface area (Å²) in [6.07, 6.45) is 5.98. The van der Waals surface area contributed by atoms with E-state index in [4.69, 9.17) is 5.73 Å². The Balaban J connectivity index is 0.00000169. The van der Waals surface area contributed by atoms with E-state index in [2.05, 4.69) is 10.3 Å². The Kier molecular flexibility index (Phi) is 8.80. The number of aryl methyl sites for hydroxylation is 1. The van der Waals surface area contributed by atoms with Crippen molar-refractivity contribution in [2.24, 2.45) is 17.6 Å². The van der Waals surface area contributed by atoms with Crippen molar-refractivity contribution in [2.75, 3.05) is 18.4 Å². The highest BCUT2D eigenvalue weighted by molar-refractivity contribution is 5.92. The van der Waals surface area contributed by atoms with Gasteiger partial charge in [-0.2, -0.15) is 0 Å². The van der Waals surface area contributed by atoms with E-state index in [1.165, 1.54) is 0 Å². The molecule has 1 saturated carbocycles. The van der Waals surface area contributed by atoms with Crippen LogP contribution in [0.4, 0.5) is 5.82 Å². The summed E-state index contributed by atoms with van der Waals surface area (Å²) in [6.45, 7) is 3.21. The number of nitrogens with one attached hydrogen (secondary N) is 1. The molecule has 6 nitrogen and oxygen atoms in total. The first kappa shape index (κ1) is 22.7. The zero-order chi connectivity index (χ0) is 17.1. The number of hydrogen-bond acceptors (Lipinski definition) is 4. The number of amides is 2. The Hall–Kier alpha value is -1.37. The maximum absolute atomic E-state index is 12.6. The summed E-state index contributed by atoms with van der Waals surface area (Å²) < 4.78 is 0. The molecule has 8 heteroatoms. The number of nitrogens with two attached hydrogens (primary N) is 1. The van der Waals surface area contributed by atoms with Crippen molar-refractivity contribution in [3.05, 3.63) is 23.9 Å². The monoisotopic (exact) mass is 402 g/mol. The lowest BCUT2D eigenvalue weighted by atomic mass is 9.95. The summed E-state index contributed by atoms with van der Waals surface area (Å²) in [5, 5.41) is 2.87. The van der Waals surface area contributed by atoms with Crippen LogP contribution in [0.5, 0.6) is 0 Å². The summed E-state index contributed by atoms with van der Waals surface area (Å²) in [5.74, 6) is 0.568. The third kappa shape index (κ3) is 5.56. The number of piperidine rings is 1. The lowest BCUT2D eigenvalue weighted by Gasteiger charge is -2.33. The maximum Gasteiger partial charge on any atom is 0.230 e. The van der Waals surface area contributed by atoms with Crippen molar-refractivity contribution in [1.29, 1.82) is 0 Å². The minimum absolute atomic E-state index is 0. The predicted octanol–water partition coefficient (Wildman–Crippen LogP) is 2.54. The van der Waals surface area contributed by atoms with Crippen LogP contribution >= 0.6 is 24.8 Å². The van der Waals surface area contributed by atoms with Crippen LogP contribution in [0.1, 0.15) is 37.7 Å². The number of halogens is 2. The molecule has 3 rings (SSSR count). The van der Waals surface area contributed by atoms with Crippen molar-refractivity contribution in [3.8, 4) is 0 Å². The van der Waals surface area contributed by atoms with E-state index in [9.17, 15) is 9.59 Å². The molecule has 1 saturated heterocycles. The second-order valence-electron chi connectivity index (χ2n) is 7.10. The summed E-state index contributed by atoms with van der Waals surface area (Å²) in [7, 11) is 0. The van der Waals surface area contributed by atoms with Gasteiger partial charge in [-0.05, 0) is 50.7 Å². The van der Waals surface area contributed by atoms with Gasteiger partial charge in [-0.3, -0.25) is 9.59 Å². The van der Waals surface area contributed by atoms with E-state index >= 15 is 0 Å². The first-order valence-electron chi connectivity index (χ1n) is 8.81. The third-order valence-corrected chi connectivity index (χ3v) is 5.09. The topological polar surface area (TPSA) is 88.3 Å². The van der Waals surface area contributed by atoms with Crippen molar-refractivity contribution in [3.63, 3.8) is 0 Å². The number of carbonyl (C=O) groups excluding carboxylic acids is 2. The largest absolute Gasteiger partial charge is 0.342 e. The Bertz CT molecular complexity index is 612. The number of carbonyl (C=O) groups is 2. The molecule has 0 radical (unpaired) electrons. The Morgan fingerprint density at radius 3 is 2.58 bits per heavy atom. The van der Waals surface area contributed by atoms with Gasteiger partial charge in [-0.25, -0.2) is 4.98 Å². The van der Waals surface area contributed by atoms with Crippen molar-refractivity contribution in [2.45, 2.75) is 45.1 Å². The fourth-order valence-corrected chi connectivity index (χ4v) is 3.66. The van der Waals surface area contributed by atoms with E-state index in [0.717, 1.165) is 44.2 Å². The normalized spacial score (nSPS) is 25.0. The molecule has 1 aliphatic carbocycles. The minimum Gasteiger partial charge on any atom is -0.342 e. The number of hydrogen-bond donors (Lipinski definition) is 2. The number of nitrogens with zero attached hydrogens (tertiary/aromatic N) is 2. The lowest BCUT2D eigenvalue weighted by molar-refractivity contribution is -0.138. The molecule has 0 spiro atoms. The number of anilines is 1. The molecule has 1 aliphatic heterocycles. The Labute approximate surface area is 167 Å². The van der Waals surface area contributed by atoms with E-state index in [1.807, 2.05) is 17.9 Å². The van der Waals surface area contributed by atoms with E-state index in [-0.39, 0.29) is 54.5 Å². The molecular weight excluding hydrogens is 375 g/mol. The fourth-order valence-electron chi connectivity index (χ4n) is 3.66. The predicted molar refractivity (Wildman–Crippen MR) is 107 cm³/mol. The average Bonchev–Trinajstić information content (AvgIpc) is 3.03. The van der Waals surface area contributed by atoms with Gasteiger partial charge in [0.25, 0.3) is 0 Å². The molecule has 2 aliphatic rings. The molecule has 26 heavy (non-hydrogen) atoms. The summed E-state index contributed by atoms with van der Waals surface area (Å²) in [6, 6.07) is 3.87. The molecule has 2 fully saturated rings. The quantitative estimate of drug-likeness (QED) is 0.812. The van der Waals surface area contributed by atoms with E-state index in [0.29, 0.717) is 12.4 Å². The third-order valence-electron chi connectivity index (χ3n) is 5.09. The van der Waals surface area contributed by atoms with Crippen LogP contribution in [-0.2, 0) is 9.59 Å². The zero-order valence-corrected chi connectivity index (χ0v) is 16.7. The Morgan fingerprint density at radius 2 is 1.96 bits per heavy atom. The van der Waals surface area contributed by atoms with Crippen molar-refractivity contribution >= 4 is 42.4 Å². The van der Waals surface area contributed by atoms with Crippen molar-refractivity contribution < 1.29 is 9.59 Å². The second kappa shape index (κ2) is 10.1. The first-order chi connectivity index (χ1) is 11.5. The highest BCUT2D eigenvalue weighted by Crippen LogP contribution is 2.28. The van der Waals surface area contributed by atoms with Gasteiger partial charge in [-0.1, -0.05) is 6.07 Å². The number of aromatic nitrogens is 1. The van der Waals surface area contributed by atoms with Crippen LogP contribution in [-0.4, -0.2) is 40.8 Å². The van der Waals surface area contributed by atoms with Gasteiger partial charge in [0.15, 0.2) is 0 Å². The van der Waals surface area contributed by atoms with Gasteiger partial charge in [0, 0.05) is 31.2 Å². The zero-order valence-electron chi connectivity index (χ0n) is 15.0. The van der Waals surface area contributed by atoms with Gasteiger partial charge in [0.1, 0.15) is 5.82 Å². The number of likely N-dealkylation sites (tertiary alicyclic amines) is 1. The number of rotatable bonds is 3. The second-order valence-corrected chi connectivity index (χ2v) is 7.10. The van der Waals surface area contributed by atoms with Crippen LogP contribution in [0.2, 0.25) is 0 Å². The highest BCUT2D eigenvalue weighted by Gasteiger charge is 2.34. The van der Waals surface area contributed by atoms with Crippen LogP contribution in [0.3, 0.4) is 0 Å². The van der Waals surface area contributed by atoms with Gasteiger partial charge >= 0.3 is 0 Å². The standard InChI is InChI=1S/C18H26N4O2.2ClH/c1-12-4-7-16(20-10-12)21-17(23)14-3-2-8-22(11-14)18(24)13-5-6-15(19)9-13;;/h4,7,10,13-15H,2-3,5-6,8-9,11,19H2,1H3,(H,20,21,23);2*1H.